The van der Waals surface area contributed by atoms with Crippen molar-refractivity contribution in [1.82, 2.24) is 10.2 Å². The maximum Gasteiger partial charge on any atom is 0.426 e. The van der Waals surface area contributed by atoms with Gasteiger partial charge < -0.3 is 19.5 Å². The minimum Gasteiger partial charge on any atom is -0.444 e. The van der Waals surface area contributed by atoms with Crippen molar-refractivity contribution >= 4 is 24.2 Å². The molecule has 0 aliphatic rings. The van der Waals surface area contributed by atoms with E-state index in [4.69, 9.17) is 14.2 Å². The second-order valence-electron chi connectivity index (χ2n) is 8.87. The van der Waals surface area contributed by atoms with E-state index in [0.29, 0.717) is 4.90 Å². The van der Waals surface area contributed by atoms with Crippen molar-refractivity contribution < 1.29 is 33.4 Å². The summed E-state index contributed by atoms with van der Waals surface area (Å²) in [5.41, 5.74) is -2.51. The molecule has 9 heteroatoms. The van der Waals surface area contributed by atoms with E-state index in [1.54, 1.807) is 62.3 Å². The van der Waals surface area contributed by atoms with Gasteiger partial charge in [0.05, 0.1) is 0 Å². The first kappa shape index (κ1) is 24.7. The van der Waals surface area contributed by atoms with Crippen LogP contribution >= 0.6 is 0 Å². The van der Waals surface area contributed by atoms with E-state index in [0.717, 1.165) is 0 Å². The zero-order valence-electron chi connectivity index (χ0n) is 17.7. The van der Waals surface area contributed by atoms with Gasteiger partial charge in [0.25, 0.3) is 0 Å². The summed E-state index contributed by atoms with van der Waals surface area (Å²) in [6, 6.07) is 0. The molecule has 1 N–H and O–H groups in total. The van der Waals surface area contributed by atoms with Gasteiger partial charge in [0.2, 0.25) is 5.91 Å². The lowest BCUT2D eigenvalue weighted by molar-refractivity contribution is -0.129. The zero-order valence-corrected chi connectivity index (χ0v) is 17.7. The fourth-order valence-electron chi connectivity index (χ4n) is 1.59. The number of imide groups is 3. The number of ether oxygens (including phenoxy) is 3. The normalized spacial score (nSPS) is 12.0. The Morgan fingerprint density at radius 2 is 1.07 bits per heavy atom. The fraction of sp³-hybridized carbons (Fsp3) is 0.778. The van der Waals surface area contributed by atoms with Crippen molar-refractivity contribution in [2.75, 3.05) is 6.54 Å². The van der Waals surface area contributed by atoms with Crippen molar-refractivity contribution in [3.8, 4) is 0 Å². The highest BCUT2D eigenvalue weighted by Gasteiger charge is 2.36. The van der Waals surface area contributed by atoms with Crippen molar-refractivity contribution in [1.29, 1.82) is 0 Å². The molecule has 0 rings (SSSR count). The first-order valence-corrected chi connectivity index (χ1v) is 8.67. The first-order valence-electron chi connectivity index (χ1n) is 8.67. The number of nitrogens with zero attached hydrogens (tertiary/aromatic N) is 1. The third-order valence-electron chi connectivity index (χ3n) is 2.41. The maximum absolute atomic E-state index is 12.4. The van der Waals surface area contributed by atoms with E-state index >= 15 is 0 Å². The topological polar surface area (TPSA) is 111 Å². The van der Waals surface area contributed by atoms with Crippen LogP contribution < -0.4 is 5.32 Å². The zero-order chi connectivity index (χ0) is 21.6. The number of carbonyl (C=O) groups is 4. The second kappa shape index (κ2) is 9.05. The third kappa shape index (κ3) is 11.8. The van der Waals surface area contributed by atoms with Gasteiger partial charge in [-0.25, -0.2) is 14.4 Å². The van der Waals surface area contributed by atoms with Crippen LogP contribution in [-0.2, 0) is 19.0 Å². The molecule has 0 aromatic carbocycles. The molecule has 0 fully saturated rings. The van der Waals surface area contributed by atoms with E-state index in [1.165, 1.54) is 0 Å². The molecule has 4 amide bonds. The smallest absolute Gasteiger partial charge is 0.426 e. The number of hydrogen-bond donors (Lipinski definition) is 1. The lowest BCUT2D eigenvalue weighted by Crippen LogP contribution is -2.47. The highest BCUT2D eigenvalue weighted by Crippen LogP contribution is 2.15. The van der Waals surface area contributed by atoms with E-state index in [9.17, 15) is 19.2 Å². The molecule has 27 heavy (non-hydrogen) atoms. The van der Waals surface area contributed by atoms with Crippen molar-refractivity contribution in [2.45, 2.75) is 85.5 Å². The average Bonchev–Trinajstić information content (AvgIpc) is 2.31. The summed E-state index contributed by atoms with van der Waals surface area (Å²) in [5.74, 6) is -0.866. The Balaban J connectivity index is 5.05. The Hall–Kier alpha value is -2.32. The van der Waals surface area contributed by atoms with Gasteiger partial charge in [-0.1, -0.05) is 0 Å². The predicted octanol–water partition coefficient (Wildman–Crippen LogP) is 3.60. The molecule has 0 radical (unpaired) electrons. The number of nitrogens with one attached hydrogen (secondary N) is 1. The van der Waals surface area contributed by atoms with Gasteiger partial charge >= 0.3 is 18.3 Å². The third-order valence-corrected chi connectivity index (χ3v) is 2.41. The highest BCUT2D eigenvalue weighted by molar-refractivity contribution is 6.06. The molecular weight excluding hydrogens is 356 g/mol. The van der Waals surface area contributed by atoms with Crippen molar-refractivity contribution in [3.05, 3.63) is 0 Å². The predicted molar refractivity (Wildman–Crippen MR) is 98.2 cm³/mol. The van der Waals surface area contributed by atoms with Crippen LogP contribution in [0.1, 0.15) is 68.7 Å². The van der Waals surface area contributed by atoms with Gasteiger partial charge in [0.1, 0.15) is 16.8 Å². The largest absolute Gasteiger partial charge is 0.444 e. The summed E-state index contributed by atoms with van der Waals surface area (Å²) >= 11 is 0. The Morgan fingerprint density at radius 3 is 1.41 bits per heavy atom. The van der Waals surface area contributed by atoms with Gasteiger partial charge in [0.15, 0.2) is 0 Å². The van der Waals surface area contributed by atoms with E-state index in [1.807, 2.05) is 0 Å². The first-order chi connectivity index (χ1) is 11.9. The van der Waals surface area contributed by atoms with Crippen LogP contribution in [0.25, 0.3) is 0 Å². The van der Waals surface area contributed by atoms with Crippen LogP contribution in [0.5, 0.6) is 0 Å². The summed E-state index contributed by atoms with van der Waals surface area (Å²) in [5, 5.41) is 2.39. The van der Waals surface area contributed by atoms with Crippen LogP contribution in [0.2, 0.25) is 0 Å². The molecule has 0 aliphatic carbocycles. The van der Waals surface area contributed by atoms with Crippen molar-refractivity contribution in [2.24, 2.45) is 0 Å². The second-order valence-corrected chi connectivity index (χ2v) is 8.87. The lowest BCUT2D eigenvalue weighted by Gasteiger charge is -2.27. The Bertz CT molecular complexity index is 538. The molecule has 0 bridgehead atoms. The molecular formula is C18H32N2O7. The molecule has 0 aromatic rings. The van der Waals surface area contributed by atoms with Gasteiger partial charge in [-0.05, 0) is 62.3 Å². The van der Waals surface area contributed by atoms with Crippen LogP contribution in [0.3, 0.4) is 0 Å². The quantitative estimate of drug-likeness (QED) is 0.735. The molecule has 9 nitrogen and oxygen atoms in total. The molecule has 0 aromatic heterocycles. The van der Waals surface area contributed by atoms with Crippen LogP contribution in [0.15, 0.2) is 0 Å². The molecule has 156 valence electrons. The molecule has 0 aliphatic heterocycles. The molecule has 0 heterocycles. The Labute approximate surface area is 160 Å². The fourth-order valence-corrected chi connectivity index (χ4v) is 1.59. The molecule has 0 unspecified atom stereocenters. The monoisotopic (exact) mass is 388 g/mol. The average molecular weight is 388 g/mol. The summed E-state index contributed by atoms with van der Waals surface area (Å²) < 4.78 is 15.3. The summed E-state index contributed by atoms with van der Waals surface area (Å²) in [4.78, 5) is 48.9. The molecule has 0 saturated carbocycles. The van der Waals surface area contributed by atoms with Crippen LogP contribution in [0, 0.1) is 0 Å². The number of rotatable bonds is 3. The Morgan fingerprint density at radius 1 is 0.704 bits per heavy atom. The number of amides is 4. The van der Waals surface area contributed by atoms with Gasteiger partial charge in [-0.15, -0.1) is 4.90 Å². The summed E-state index contributed by atoms with van der Waals surface area (Å²) in [6.07, 6.45) is -3.31. The molecule has 0 spiro atoms. The van der Waals surface area contributed by atoms with Gasteiger partial charge in [0, 0.05) is 13.0 Å². The van der Waals surface area contributed by atoms with E-state index < -0.39 is 41.0 Å². The van der Waals surface area contributed by atoms with Gasteiger partial charge in [-0.2, -0.15) is 0 Å². The highest BCUT2D eigenvalue weighted by atomic mass is 16.6. The number of hydrogen-bond acceptors (Lipinski definition) is 7. The number of alkyl carbamates (subject to hydrolysis) is 1. The molecule has 0 atom stereocenters. The summed E-state index contributed by atoms with van der Waals surface area (Å²) in [6.45, 7) is 14.6. The lowest BCUT2D eigenvalue weighted by atomic mass is 10.2. The van der Waals surface area contributed by atoms with Crippen LogP contribution in [-0.4, -0.2) is 52.4 Å². The van der Waals surface area contributed by atoms with E-state index in [2.05, 4.69) is 5.32 Å². The minimum absolute atomic E-state index is 0.129. The van der Waals surface area contributed by atoms with Crippen molar-refractivity contribution in [3.63, 3.8) is 0 Å². The SMILES string of the molecule is CC(C)(C)OC(=O)NCCC(=O)N(C(=O)OC(C)(C)C)C(=O)OC(C)(C)C. The maximum atomic E-state index is 12.4. The minimum atomic E-state index is -1.14. The van der Waals surface area contributed by atoms with Gasteiger partial charge in [-0.3, -0.25) is 4.79 Å². The van der Waals surface area contributed by atoms with Crippen LogP contribution in [0.4, 0.5) is 14.4 Å². The molecule has 0 saturated heterocycles. The number of carbonyl (C=O) groups excluding carboxylic acids is 4. The standard InChI is InChI=1S/C18H32N2O7/c1-16(2,3)25-13(22)19-11-10-12(21)20(14(23)26-17(4,5)6)15(24)27-18(7,8)9/h10-11H2,1-9H3,(H,19,22). The Kier molecular flexibility index (Phi) is 8.28. The summed E-state index contributed by atoms with van der Waals surface area (Å²) in [7, 11) is 0. The van der Waals surface area contributed by atoms with E-state index in [-0.39, 0.29) is 13.0 Å².